The lowest BCUT2D eigenvalue weighted by atomic mass is 9.78. The molecule has 2 fully saturated rings. The summed E-state index contributed by atoms with van der Waals surface area (Å²) in [5, 5.41) is 4.53. The smallest absolute Gasteiger partial charge is 0.399 e. The van der Waals surface area contributed by atoms with Crippen molar-refractivity contribution in [1.29, 1.82) is 0 Å². The fourth-order valence-corrected chi connectivity index (χ4v) is 3.99. The molecule has 0 aliphatic carbocycles. The molecule has 0 bridgehead atoms. The van der Waals surface area contributed by atoms with E-state index in [-0.39, 0.29) is 11.0 Å². The Balaban J connectivity index is 1.60. The zero-order chi connectivity index (χ0) is 21.7. The highest BCUT2D eigenvalue weighted by atomic mass is 19.2. The first kappa shape index (κ1) is 21.5. The Morgan fingerprint density at radius 3 is 2.30 bits per heavy atom. The topological polar surface area (TPSA) is 45.5 Å². The molecular formula is C22H29BF2N2O3. The summed E-state index contributed by atoms with van der Waals surface area (Å²) >= 11 is 0. The van der Waals surface area contributed by atoms with E-state index in [2.05, 4.69) is 5.10 Å². The predicted octanol–water partition coefficient (Wildman–Crippen LogP) is 3.86. The number of aromatic nitrogens is 2. The van der Waals surface area contributed by atoms with Crippen molar-refractivity contribution < 1.29 is 22.8 Å². The number of rotatable bonds is 4. The van der Waals surface area contributed by atoms with Crippen molar-refractivity contribution in [2.24, 2.45) is 5.92 Å². The Labute approximate surface area is 176 Å². The molecule has 162 valence electrons. The van der Waals surface area contributed by atoms with Gasteiger partial charge < -0.3 is 14.0 Å². The van der Waals surface area contributed by atoms with Crippen molar-refractivity contribution in [3.05, 3.63) is 35.7 Å². The average Bonchev–Trinajstić information content (AvgIpc) is 3.13. The second-order valence-corrected chi connectivity index (χ2v) is 9.32. The molecule has 2 aliphatic heterocycles. The molecule has 1 aromatic heterocycles. The molecular weight excluding hydrogens is 389 g/mol. The molecule has 2 aromatic rings. The van der Waals surface area contributed by atoms with Crippen LogP contribution in [-0.2, 0) is 20.6 Å². The van der Waals surface area contributed by atoms with Gasteiger partial charge in [0.25, 0.3) is 0 Å². The summed E-state index contributed by atoms with van der Waals surface area (Å²) in [7, 11) is -0.948. The summed E-state index contributed by atoms with van der Waals surface area (Å²) in [5.41, 5.74) is 0.288. The van der Waals surface area contributed by atoms with Crippen LogP contribution in [0.2, 0.25) is 0 Å². The zero-order valence-corrected chi connectivity index (χ0v) is 18.3. The van der Waals surface area contributed by atoms with Crippen molar-refractivity contribution >= 4 is 12.6 Å². The first-order valence-electron chi connectivity index (χ1n) is 10.5. The second kappa shape index (κ2) is 7.73. The number of aryl methyl sites for hydroxylation is 1. The van der Waals surface area contributed by atoms with E-state index in [4.69, 9.17) is 14.0 Å². The van der Waals surface area contributed by atoms with Gasteiger partial charge in [-0.3, -0.25) is 4.68 Å². The molecule has 2 aliphatic rings. The summed E-state index contributed by atoms with van der Waals surface area (Å²) in [4.78, 5) is 0. The van der Waals surface area contributed by atoms with Crippen LogP contribution in [0.1, 0.15) is 46.2 Å². The molecule has 0 atom stereocenters. The van der Waals surface area contributed by atoms with Gasteiger partial charge in [0.1, 0.15) is 0 Å². The fourth-order valence-electron chi connectivity index (χ4n) is 3.99. The molecule has 30 heavy (non-hydrogen) atoms. The van der Waals surface area contributed by atoms with E-state index in [9.17, 15) is 0 Å². The maximum Gasteiger partial charge on any atom is 0.497 e. The van der Waals surface area contributed by atoms with Gasteiger partial charge in [0.15, 0.2) is 11.6 Å². The molecule has 0 radical (unpaired) electrons. The SMILES string of the molecule is Cc1nn(CC2CCOCC2)cc1-c1ccc(B2OC(C)(C)C(C)(C)O2)c(F)c1F. The lowest BCUT2D eigenvalue weighted by molar-refractivity contribution is 0.00578. The van der Waals surface area contributed by atoms with E-state index >= 15 is 8.78 Å². The van der Waals surface area contributed by atoms with E-state index in [1.807, 2.05) is 39.3 Å². The largest absolute Gasteiger partial charge is 0.497 e. The highest BCUT2D eigenvalue weighted by Crippen LogP contribution is 2.37. The van der Waals surface area contributed by atoms with Gasteiger partial charge in [-0.25, -0.2) is 8.78 Å². The van der Waals surface area contributed by atoms with Crippen LogP contribution >= 0.6 is 0 Å². The van der Waals surface area contributed by atoms with Crippen LogP contribution in [0.4, 0.5) is 8.78 Å². The van der Waals surface area contributed by atoms with Gasteiger partial charge in [0, 0.05) is 42.5 Å². The van der Waals surface area contributed by atoms with Gasteiger partial charge in [-0.2, -0.15) is 5.10 Å². The minimum absolute atomic E-state index is 0.0714. The quantitative estimate of drug-likeness (QED) is 0.708. The van der Waals surface area contributed by atoms with E-state index in [1.54, 1.807) is 18.3 Å². The summed E-state index contributed by atoms with van der Waals surface area (Å²) in [5.74, 6) is -1.36. The van der Waals surface area contributed by atoms with Gasteiger partial charge >= 0.3 is 7.12 Å². The highest BCUT2D eigenvalue weighted by molar-refractivity contribution is 6.62. The number of hydrogen-bond donors (Lipinski definition) is 0. The molecule has 8 heteroatoms. The van der Waals surface area contributed by atoms with Crippen LogP contribution in [0, 0.1) is 24.5 Å². The van der Waals surface area contributed by atoms with Crippen molar-refractivity contribution in [1.82, 2.24) is 9.78 Å². The van der Waals surface area contributed by atoms with Crippen molar-refractivity contribution in [3.8, 4) is 11.1 Å². The van der Waals surface area contributed by atoms with Crippen molar-refractivity contribution in [3.63, 3.8) is 0 Å². The summed E-state index contributed by atoms with van der Waals surface area (Å²) in [6.45, 7) is 11.6. The van der Waals surface area contributed by atoms with Gasteiger partial charge in [0.2, 0.25) is 0 Å². The molecule has 3 heterocycles. The summed E-state index contributed by atoms with van der Waals surface area (Å²) < 4.78 is 49.1. The van der Waals surface area contributed by atoms with E-state index in [1.165, 1.54) is 0 Å². The molecule has 0 unspecified atom stereocenters. The van der Waals surface area contributed by atoms with Gasteiger partial charge in [-0.15, -0.1) is 0 Å². The van der Waals surface area contributed by atoms with Crippen molar-refractivity contribution in [2.75, 3.05) is 13.2 Å². The maximum absolute atomic E-state index is 15.1. The van der Waals surface area contributed by atoms with E-state index in [0.717, 1.165) is 32.6 Å². The van der Waals surface area contributed by atoms with Crippen LogP contribution in [0.5, 0.6) is 0 Å². The van der Waals surface area contributed by atoms with E-state index < -0.39 is 30.0 Å². The highest BCUT2D eigenvalue weighted by Gasteiger charge is 2.52. The molecule has 5 nitrogen and oxygen atoms in total. The Morgan fingerprint density at radius 2 is 1.67 bits per heavy atom. The Bertz CT molecular complexity index is 923. The number of halogens is 2. The first-order chi connectivity index (χ1) is 14.1. The second-order valence-electron chi connectivity index (χ2n) is 9.32. The Morgan fingerprint density at radius 1 is 1.03 bits per heavy atom. The lowest BCUT2D eigenvalue weighted by Gasteiger charge is -2.32. The van der Waals surface area contributed by atoms with Crippen molar-refractivity contribution in [2.45, 2.75) is 65.2 Å². The summed E-state index contributed by atoms with van der Waals surface area (Å²) in [6.07, 6.45) is 3.77. The minimum Gasteiger partial charge on any atom is -0.399 e. The van der Waals surface area contributed by atoms with Gasteiger partial charge in [-0.1, -0.05) is 12.1 Å². The molecule has 0 saturated carbocycles. The average molecular weight is 418 g/mol. The molecule has 0 amide bonds. The molecule has 2 saturated heterocycles. The normalized spacial score (nSPS) is 21.4. The maximum atomic E-state index is 15.1. The van der Waals surface area contributed by atoms with Crippen LogP contribution in [0.25, 0.3) is 11.1 Å². The third-order valence-corrected chi connectivity index (χ3v) is 6.64. The molecule has 1 aromatic carbocycles. The zero-order valence-electron chi connectivity index (χ0n) is 18.3. The third kappa shape index (κ3) is 3.81. The van der Waals surface area contributed by atoms with E-state index in [0.29, 0.717) is 17.2 Å². The molecule has 0 spiro atoms. The van der Waals surface area contributed by atoms with Crippen LogP contribution < -0.4 is 5.46 Å². The number of nitrogens with zero attached hydrogens (tertiary/aromatic N) is 2. The Kier molecular flexibility index (Phi) is 5.53. The van der Waals surface area contributed by atoms with Gasteiger partial charge in [0.05, 0.1) is 16.9 Å². The predicted molar refractivity (Wildman–Crippen MR) is 112 cm³/mol. The lowest BCUT2D eigenvalue weighted by Crippen LogP contribution is -2.41. The third-order valence-electron chi connectivity index (χ3n) is 6.64. The van der Waals surface area contributed by atoms with Crippen LogP contribution in [0.15, 0.2) is 18.3 Å². The Hall–Kier alpha value is -1.77. The fraction of sp³-hybridized carbons (Fsp3) is 0.591. The number of benzene rings is 1. The summed E-state index contributed by atoms with van der Waals surface area (Å²) in [6, 6.07) is 3.13. The molecule has 0 N–H and O–H groups in total. The standard InChI is InChI=1S/C22H29BF2N2O3/c1-14-17(13-27(26-14)12-15-8-10-28-11-9-15)16-6-7-18(20(25)19(16)24)23-29-21(2,3)22(4,5)30-23/h6-7,13,15H,8-12H2,1-5H3. The number of hydrogen-bond acceptors (Lipinski definition) is 4. The monoisotopic (exact) mass is 418 g/mol. The molecule has 4 rings (SSSR count). The van der Waals surface area contributed by atoms with Gasteiger partial charge in [-0.05, 0) is 53.4 Å². The van der Waals surface area contributed by atoms with Crippen LogP contribution in [0.3, 0.4) is 0 Å². The number of ether oxygens (including phenoxy) is 1. The van der Waals surface area contributed by atoms with Crippen LogP contribution in [-0.4, -0.2) is 41.3 Å². The first-order valence-corrected chi connectivity index (χ1v) is 10.5. The minimum atomic E-state index is -0.948.